The Bertz CT molecular complexity index is 466. The molecule has 1 N–H and O–H groups in total. The van der Waals surface area contributed by atoms with Gasteiger partial charge in [-0.05, 0) is 43.5 Å². The number of rotatable bonds is 5. The lowest BCUT2D eigenvalue weighted by atomic mass is 9.99. The van der Waals surface area contributed by atoms with Crippen LogP contribution < -0.4 is 0 Å². The van der Waals surface area contributed by atoms with Crippen molar-refractivity contribution in [1.82, 2.24) is 4.90 Å². The summed E-state index contributed by atoms with van der Waals surface area (Å²) in [4.78, 5) is 2.39. The summed E-state index contributed by atoms with van der Waals surface area (Å²) >= 11 is 0. The average Bonchev–Trinajstić information content (AvgIpc) is 2.50. The molecule has 21 heavy (non-hydrogen) atoms. The normalized spacial score (nSPS) is 15.8. The van der Waals surface area contributed by atoms with Gasteiger partial charge in [0.05, 0.1) is 6.61 Å². The summed E-state index contributed by atoms with van der Waals surface area (Å²) in [6.45, 7) is 4.07. The van der Waals surface area contributed by atoms with Crippen LogP contribution in [0.25, 0.3) is 0 Å². The molecule has 1 fully saturated rings. The number of nitrogens with zero attached hydrogens (tertiary/aromatic N) is 1. The van der Waals surface area contributed by atoms with Crippen LogP contribution in [-0.2, 0) is 11.3 Å². The topological polar surface area (TPSA) is 32.7 Å². The Kier molecular flexibility index (Phi) is 6.75. The van der Waals surface area contributed by atoms with Crippen molar-refractivity contribution < 1.29 is 9.84 Å². The van der Waals surface area contributed by atoms with Crippen molar-refractivity contribution in [2.24, 2.45) is 5.92 Å². The van der Waals surface area contributed by atoms with Crippen molar-refractivity contribution in [2.75, 3.05) is 33.4 Å². The van der Waals surface area contributed by atoms with E-state index in [9.17, 15) is 0 Å². The Labute approximate surface area is 127 Å². The van der Waals surface area contributed by atoms with Crippen molar-refractivity contribution in [3.05, 3.63) is 35.4 Å². The molecule has 3 heteroatoms. The minimum Gasteiger partial charge on any atom is -0.395 e. The predicted octanol–water partition coefficient (Wildman–Crippen LogP) is 2.28. The molecule has 0 bridgehead atoms. The molecule has 0 amide bonds. The van der Waals surface area contributed by atoms with Gasteiger partial charge in [0.15, 0.2) is 0 Å². The lowest BCUT2D eigenvalue weighted by Crippen LogP contribution is -2.29. The van der Waals surface area contributed by atoms with Crippen LogP contribution in [-0.4, -0.2) is 43.4 Å². The summed E-state index contributed by atoms with van der Waals surface area (Å²) in [5.74, 6) is 6.77. The molecule has 3 nitrogen and oxygen atoms in total. The van der Waals surface area contributed by atoms with Crippen LogP contribution in [0.3, 0.4) is 0 Å². The van der Waals surface area contributed by atoms with Crippen molar-refractivity contribution >= 4 is 0 Å². The number of ether oxygens (including phenoxy) is 1. The monoisotopic (exact) mass is 287 g/mol. The molecular formula is C18H25NO2. The minimum atomic E-state index is 0.127. The first-order chi connectivity index (χ1) is 10.3. The van der Waals surface area contributed by atoms with Gasteiger partial charge in [0.25, 0.3) is 0 Å². The van der Waals surface area contributed by atoms with Crippen LogP contribution in [0.4, 0.5) is 0 Å². The quantitative estimate of drug-likeness (QED) is 0.843. The standard InChI is InChI=1S/C18H25NO2/c1-19(15-18-9-12-21-13-10-18)14-17-7-5-16(6-8-17)4-2-3-11-20/h5-8,18,20H,3,9-15H2,1H3. The highest BCUT2D eigenvalue weighted by atomic mass is 16.5. The zero-order valence-corrected chi connectivity index (χ0v) is 12.8. The summed E-state index contributed by atoms with van der Waals surface area (Å²) in [5.41, 5.74) is 2.33. The van der Waals surface area contributed by atoms with Crippen LogP contribution in [0, 0.1) is 17.8 Å². The maximum Gasteiger partial charge on any atom is 0.0540 e. The molecule has 1 aromatic carbocycles. The van der Waals surface area contributed by atoms with Crippen LogP contribution in [0.2, 0.25) is 0 Å². The predicted molar refractivity (Wildman–Crippen MR) is 84.9 cm³/mol. The van der Waals surface area contributed by atoms with Gasteiger partial charge in [0.2, 0.25) is 0 Å². The summed E-state index contributed by atoms with van der Waals surface area (Å²) in [6, 6.07) is 8.40. The zero-order chi connectivity index (χ0) is 14.9. The maximum atomic E-state index is 8.71. The summed E-state index contributed by atoms with van der Waals surface area (Å²) < 4.78 is 5.41. The molecule has 0 aliphatic carbocycles. The minimum absolute atomic E-state index is 0.127. The zero-order valence-electron chi connectivity index (χ0n) is 12.8. The van der Waals surface area contributed by atoms with Crippen LogP contribution in [0.1, 0.15) is 30.4 Å². The fourth-order valence-corrected chi connectivity index (χ4v) is 2.66. The number of benzene rings is 1. The van der Waals surface area contributed by atoms with E-state index < -0.39 is 0 Å². The van der Waals surface area contributed by atoms with Gasteiger partial charge >= 0.3 is 0 Å². The number of hydrogen-bond acceptors (Lipinski definition) is 3. The van der Waals surface area contributed by atoms with Gasteiger partial charge in [-0.15, -0.1) is 0 Å². The van der Waals surface area contributed by atoms with Crippen molar-refractivity contribution in [1.29, 1.82) is 0 Å². The SMILES string of the molecule is CN(Cc1ccc(C#CCCO)cc1)CC1CCOCC1. The Morgan fingerprint density at radius 1 is 1.24 bits per heavy atom. The maximum absolute atomic E-state index is 8.71. The highest BCUT2D eigenvalue weighted by Crippen LogP contribution is 2.16. The summed E-state index contributed by atoms with van der Waals surface area (Å²) in [5, 5.41) is 8.71. The van der Waals surface area contributed by atoms with Gasteiger partial charge in [0, 0.05) is 38.3 Å². The van der Waals surface area contributed by atoms with Crippen molar-refractivity contribution in [3.63, 3.8) is 0 Å². The summed E-state index contributed by atoms with van der Waals surface area (Å²) in [7, 11) is 2.18. The molecule has 1 aliphatic heterocycles. The molecule has 0 unspecified atom stereocenters. The van der Waals surface area contributed by atoms with Gasteiger partial charge in [-0.1, -0.05) is 24.0 Å². The van der Waals surface area contributed by atoms with Gasteiger partial charge in [-0.3, -0.25) is 0 Å². The molecule has 0 radical (unpaired) electrons. The average molecular weight is 287 g/mol. The molecule has 1 aliphatic rings. The molecular weight excluding hydrogens is 262 g/mol. The van der Waals surface area contributed by atoms with Gasteiger partial charge < -0.3 is 14.7 Å². The number of aliphatic hydroxyl groups is 1. The molecule has 0 saturated carbocycles. The Morgan fingerprint density at radius 2 is 1.95 bits per heavy atom. The lowest BCUT2D eigenvalue weighted by Gasteiger charge is -2.27. The second-order valence-electron chi connectivity index (χ2n) is 5.72. The third-order valence-corrected chi connectivity index (χ3v) is 3.79. The van der Waals surface area contributed by atoms with Crippen molar-refractivity contribution in [2.45, 2.75) is 25.8 Å². The van der Waals surface area contributed by atoms with Crippen LogP contribution >= 0.6 is 0 Å². The van der Waals surface area contributed by atoms with E-state index in [-0.39, 0.29) is 6.61 Å². The van der Waals surface area contributed by atoms with E-state index in [1.54, 1.807) is 0 Å². The molecule has 1 aromatic rings. The first kappa shape index (κ1) is 16.0. The fraction of sp³-hybridized carbons (Fsp3) is 0.556. The first-order valence-corrected chi connectivity index (χ1v) is 7.73. The second-order valence-corrected chi connectivity index (χ2v) is 5.72. The van der Waals surface area contributed by atoms with Crippen LogP contribution in [0.5, 0.6) is 0 Å². The molecule has 2 rings (SSSR count). The molecule has 0 aromatic heterocycles. The van der Waals surface area contributed by atoms with E-state index >= 15 is 0 Å². The third-order valence-electron chi connectivity index (χ3n) is 3.79. The van der Waals surface area contributed by atoms with Crippen LogP contribution in [0.15, 0.2) is 24.3 Å². The summed E-state index contributed by atoms with van der Waals surface area (Å²) in [6.07, 6.45) is 2.91. The van der Waals surface area contributed by atoms with Crippen molar-refractivity contribution in [3.8, 4) is 11.8 Å². The van der Waals surface area contributed by atoms with E-state index in [0.717, 1.165) is 37.8 Å². The first-order valence-electron chi connectivity index (χ1n) is 7.73. The molecule has 1 saturated heterocycles. The fourth-order valence-electron chi connectivity index (χ4n) is 2.66. The molecule has 0 spiro atoms. The highest BCUT2D eigenvalue weighted by Gasteiger charge is 2.15. The molecule has 1 heterocycles. The van der Waals surface area contributed by atoms with E-state index in [4.69, 9.17) is 9.84 Å². The van der Waals surface area contributed by atoms with Gasteiger partial charge in [-0.25, -0.2) is 0 Å². The Morgan fingerprint density at radius 3 is 2.62 bits per heavy atom. The largest absolute Gasteiger partial charge is 0.395 e. The third kappa shape index (κ3) is 5.89. The Hall–Kier alpha value is -1.34. The van der Waals surface area contributed by atoms with E-state index in [1.165, 1.54) is 18.4 Å². The molecule has 0 atom stereocenters. The van der Waals surface area contributed by atoms with Gasteiger partial charge in [0.1, 0.15) is 0 Å². The van der Waals surface area contributed by atoms with E-state index in [0.29, 0.717) is 6.42 Å². The smallest absolute Gasteiger partial charge is 0.0540 e. The second kappa shape index (κ2) is 8.84. The van der Waals surface area contributed by atoms with E-state index in [2.05, 4.69) is 48.1 Å². The number of aliphatic hydroxyl groups excluding tert-OH is 1. The molecule has 114 valence electrons. The Balaban J connectivity index is 1.80. The lowest BCUT2D eigenvalue weighted by molar-refractivity contribution is 0.0549. The van der Waals surface area contributed by atoms with Gasteiger partial charge in [-0.2, -0.15) is 0 Å². The van der Waals surface area contributed by atoms with E-state index in [1.807, 2.05) is 0 Å². The number of hydrogen-bond donors (Lipinski definition) is 1. The highest BCUT2D eigenvalue weighted by molar-refractivity contribution is 5.36.